The number of nitrogens with one attached hydrogen (secondary N) is 4. The van der Waals surface area contributed by atoms with Gasteiger partial charge >= 0.3 is 12.1 Å². The van der Waals surface area contributed by atoms with Crippen LogP contribution >= 0.6 is 0 Å². The van der Waals surface area contributed by atoms with Crippen molar-refractivity contribution in [1.29, 1.82) is 0 Å². The number of carbonyl (C=O) groups is 7. The van der Waals surface area contributed by atoms with Crippen LogP contribution in [0.25, 0.3) is 11.1 Å². The van der Waals surface area contributed by atoms with Gasteiger partial charge in [-0.3, -0.25) is 28.8 Å². The number of epoxide rings is 1. The Morgan fingerprint density at radius 2 is 1.57 bits per heavy atom. The summed E-state index contributed by atoms with van der Waals surface area (Å²) in [6.07, 6.45) is 8.69. The number of alkyl carbamates (subject to hydrolysis) is 1. The Labute approximate surface area is 447 Å². The molecular weight excluding hydrogens is 973 g/mol. The average molecular weight is 1050 g/mol. The highest BCUT2D eigenvalue weighted by Crippen LogP contribution is 2.45. The van der Waals surface area contributed by atoms with Crippen LogP contribution in [0.5, 0.6) is 0 Å². The molecular formula is C59H80N4O13. The van der Waals surface area contributed by atoms with E-state index < -0.39 is 59.9 Å². The number of fused-ring (bicyclic) bond motifs is 3. The van der Waals surface area contributed by atoms with Gasteiger partial charge in [-0.05, 0) is 86.6 Å². The van der Waals surface area contributed by atoms with Gasteiger partial charge < -0.3 is 50.1 Å². The third-order valence-electron chi connectivity index (χ3n) is 14.8. The Balaban J connectivity index is 0.855. The van der Waals surface area contributed by atoms with Crippen molar-refractivity contribution in [2.45, 2.75) is 173 Å². The second kappa shape index (κ2) is 27.9. The molecule has 6 rings (SSSR count). The normalized spacial score (nSPS) is 25.3. The molecule has 0 unspecified atom stereocenters. The maximum atomic E-state index is 13.4. The summed E-state index contributed by atoms with van der Waals surface area (Å²) in [6.45, 7) is 14.9. The van der Waals surface area contributed by atoms with Gasteiger partial charge in [-0.1, -0.05) is 106 Å². The smallest absolute Gasteiger partial charge is 0.407 e. The molecule has 414 valence electrons. The van der Waals surface area contributed by atoms with E-state index in [9.17, 15) is 38.7 Å². The molecule has 1 spiro atoms. The van der Waals surface area contributed by atoms with Crippen LogP contribution in [0.3, 0.4) is 0 Å². The molecule has 17 heteroatoms. The number of amides is 4. The Morgan fingerprint density at radius 3 is 2.22 bits per heavy atom. The average Bonchev–Trinajstić information content (AvgIpc) is 4.11. The zero-order valence-electron chi connectivity index (χ0n) is 45.5. The van der Waals surface area contributed by atoms with E-state index in [-0.39, 0.29) is 91.8 Å². The molecule has 3 aliphatic heterocycles. The molecule has 0 bridgehead atoms. The zero-order valence-corrected chi connectivity index (χ0v) is 45.5. The van der Waals surface area contributed by atoms with E-state index >= 15 is 0 Å². The molecule has 2 aromatic carbocycles. The SMILES string of the molecule is CC(=O)O[C@@H](C)/C=C\C(=O)N[C@@H]1C[C@H](C)[C@H](C/C=C(C)/C=C/[C@H]2O[C@H](CC(=O)CNC(=O)[C@H](C)CC(=O)[C@@H](NC(=O)CCCCCNC(=O)OCC3c4ccccc4-c4ccccc43)C(C)C)C[C@@]3(CO3)[C@@H]2O)O[C@@H]1C. The summed E-state index contributed by atoms with van der Waals surface area (Å²) in [5.41, 5.74) is 4.72. The van der Waals surface area contributed by atoms with Gasteiger partial charge in [0.15, 0.2) is 11.6 Å². The lowest BCUT2D eigenvalue weighted by Gasteiger charge is -2.39. The molecule has 3 saturated heterocycles. The van der Waals surface area contributed by atoms with E-state index in [0.717, 1.165) is 34.2 Å². The minimum atomic E-state index is -0.937. The molecule has 3 fully saturated rings. The van der Waals surface area contributed by atoms with E-state index in [1.807, 2.05) is 58.0 Å². The molecule has 5 N–H and O–H groups in total. The van der Waals surface area contributed by atoms with Crippen LogP contribution in [0, 0.1) is 17.8 Å². The van der Waals surface area contributed by atoms with Gasteiger partial charge in [-0.25, -0.2) is 4.79 Å². The van der Waals surface area contributed by atoms with Crippen LogP contribution in [-0.2, 0) is 52.5 Å². The predicted molar refractivity (Wildman–Crippen MR) is 286 cm³/mol. The van der Waals surface area contributed by atoms with Crippen LogP contribution in [-0.4, -0.2) is 127 Å². The monoisotopic (exact) mass is 1050 g/mol. The second-order valence-electron chi connectivity index (χ2n) is 21.5. The van der Waals surface area contributed by atoms with Gasteiger partial charge in [-0.2, -0.15) is 0 Å². The van der Waals surface area contributed by atoms with E-state index in [4.69, 9.17) is 23.7 Å². The lowest BCUT2D eigenvalue weighted by atomic mass is 9.87. The molecule has 4 amide bonds. The highest BCUT2D eigenvalue weighted by atomic mass is 16.6. The van der Waals surface area contributed by atoms with E-state index in [1.54, 1.807) is 19.9 Å². The lowest BCUT2D eigenvalue weighted by molar-refractivity contribution is -0.144. The van der Waals surface area contributed by atoms with E-state index in [2.05, 4.69) is 58.5 Å². The van der Waals surface area contributed by atoms with Crippen molar-refractivity contribution in [2.24, 2.45) is 17.8 Å². The van der Waals surface area contributed by atoms with Gasteiger partial charge in [0, 0.05) is 57.1 Å². The van der Waals surface area contributed by atoms with Crippen LogP contribution < -0.4 is 21.3 Å². The minimum absolute atomic E-state index is 0.0125. The maximum Gasteiger partial charge on any atom is 0.407 e. The fourth-order valence-corrected chi connectivity index (χ4v) is 10.4. The van der Waals surface area contributed by atoms with Crippen molar-refractivity contribution in [3.05, 3.63) is 95.6 Å². The fraction of sp³-hybridized carbons (Fsp3) is 0.576. The largest absolute Gasteiger partial charge is 0.459 e. The third kappa shape index (κ3) is 17.0. The van der Waals surface area contributed by atoms with E-state index in [0.29, 0.717) is 45.3 Å². The first-order chi connectivity index (χ1) is 36.2. The summed E-state index contributed by atoms with van der Waals surface area (Å²) in [6, 6.07) is 15.3. The topological polar surface area (TPSA) is 237 Å². The number of rotatable bonds is 26. The Hall–Kier alpha value is -6.01. The molecule has 11 atom stereocenters. The van der Waals surface area contributed by atoms with Gasteiger partial charge in [0.25, 0.3) is 0 Å². The van der Waals surface area contributed by atoms with Crippen molar-refractivity contribution < 1.29 is 62.4 Å². The summed E-state index contributed by atoms with van der Waals surface area (Å²) in [5.74, 6) is -2.83. The molecule has 76 heavy (non-hydrogen) atoms. The number of ketones is 2. The molecule has 0 radical (unpaired) electrons. The van der Waals surface area contributed by atoms with Gasteiger partial charge in [0.05, 0.1) is 43.5 Å². The first-order valence-electron chi connectivity index (χ1n) is 27.1. The van der Waals surface area contributed by atoms with Crippen LogP contribution in [0.2, 0.25) is 0 Å². The number of aliphatic hydroxyl groups excluding tert-OH is 1. The van der Waals surface area contributed by atoms with Gasteiger partial charge in [-0.15, -0.1) is 0 Å². The molecule has 0 saturated carbocycles. The number of unbranched alkanes of at least 4 members (excludes halogenated alkanes) is 2. The van der Waals surface area contributed by atoms with Gasteiger partial charge in [0.1, 0.15) is 30.5 Å². The molecule has 2 aromatic rings. The first-order valence-corrected chi connectivity index (χ1v) is 27.1. The van der Waals surface area contributed by atoms with Crippen molar-refractivity contribution >= 4 is 41.4 Å². The third-order valence-corrected chi connectivity index (χ3v) is 14.8. The summed E-state index contributed by atoms with van der Waals surface area (Å²) in [4.78, 5) is 89.0. The highest BCUT2D eigenvalue weighted by molar-refractivity contribution is 5.93. The fourth-order valence-electron chi connectivity index (χ4n) is 10.4. The van der Waals surface area contributed by atoms with Crippen molar-refractivity contribution in [1.82, 2.24) is 21.3 Å². The Morgan fingerprint density at radius 1 is 0.882 bits per heavy atom. The summed E-state index contributed by atoms with van der Waals surface area (Å²) in [5, 5.41) is 22.5. The van der Waals surface area contributed by atoms with Crippen LogP contribution in [0.1, 0.15) is 130 Å². The van der Waals surface area contributed by atoms with Crippen molar-refractivity contribution in [3.63, 3.8) is 0 Å². The standard InChI is InChI=1S/C59H80N4O13/c1-35(2)55(63-53(67)20-10-9-15-27-60-58(71)72-33-48-46-18-13-11-16-44(46)45-17-12-14-19-47(45)48)50(66)29-38(5)57(70)61-32-42(65)30-43-31-59(34-73-59)56(69)52(76-43)25-22-36(3)21-24-51-37(4)28-49(40(7)75-51)62-54(68)26-23-39(6)74-41(8)64/h11-14,16-19,21-23,25-26,35,37-40,43,48-49,51-52,55-56,69H,9-10,15,20,24,27-34H2,1-8H3,(H,60,71)(H,61,70)(H,62,68)(H,63,67)/b25-22+,26-23-,36-21+/t37-,38+,39-,40+,43+,49+,51-,52+,55-,56+,59+/m0/s1. The quantitative estimate of drug-likeness (QED) is 0.0213. The predicted octanol–water partition coefficient (Wildman–Crippen LogP) is 6.88. The Bertz CT molecular complexity index is 2420. The van der Waals surface area contributed by atoms with Crippen molar-refractivity contribution in [2.75, 3.05) is 26.3 Å². The number of hydrogen-bond acceptors (Lipinski definition) is 13. The van der Waals surface area contributed by atoms with Crippen LogP contribution in [0.4, 0.5) is 4.79 Å². The zero-order chi connectivity index (χ0) is 55.1. The lowest BCUT2D eigenvalue weighted by Crippen LogP contribution is -2.50. The number of aliphatic hydroxyl groups is 1. The highest BCUT2D eigenvalue weighted by Gasteiger charge is 2.58. The number of benzene rings is 2. The van der Waals surface area contributed by atoms with E-state index in [1.165, 1.54) is 19.1 Å². The molecule has 1 aliphatic carbocycles. The number of esters is 1. The summed E-state index contributed by atoms with van der Waals surface area (Å²) < 4.78 is 28.9. The number of allylic oxidation sites excluding steroid dienone is 2. The second-order valence-corrected chi connectivity index (χ2v) is 21.5. The molecule has 17 nitrogen and oxygen atoms in total. The summed E-state index contributed by atoms with van der Waals surface area (Å²) >= 11 is 0. The van der Waals surface area contributed by atoms with Crippen molar-refractivity contribution in [3.8, 4) is 11.1 Å². The number of carbonyl (C=O) groups excluding carboxylic acids is 7. The van der Waals surface area contributed by atoms with Gasteiger partial charge in [0.2, 0.25) is 17.7 Å². The molecule has 0 aromatic heterocycles. The van der Waals surface area contributed by atoms with Crippen LogP contribution in [0.15, 0.2) is 84.5 Å². The first kappa shape index (κ1) is 59.2. The Kier molecular flexibility index (Phi) is 21.7. The number of hydrogen-bond donors (Lipinski definition) is 5. The number of Topliss-reactive ketones (excluding diaryl/α,β-unsaturated/α-hetero) is 2. The molecule has 4 aliphatic rings. The molecule has 3 heterocycles. The minimum Gasteiger partial charge on any atom is -0.459 e. The maximum absolute atomic E-state index is 13.4. The summed E-state index contributed by atoms with van der Waals surface area (Å²) in [7, 11) is 0. The number of ether oxygens (including phenoxy) is 5.